The molecule has 0 amide bonds. The van der Waals surface area contributed by atoms with Gasteiger partial charge in [0.05, 0.1) is 12.6 Å². The predicted octanol–water partition coefficient (Wildman–Crippen LogP) is 3.57. The van der Waals surface area contributed by atoms with Gasteiger partial charge in [0.2, 0.25) is 5.90 Å². The van der Waals surface area contributed by atoms with Crippen LogP contribution >= 0.6 is 11.8 Å². The lowest BCUT2D eigenvalue weighted by Crippen LogP contribution is -2.11. The van der Waals surface area contributed by atoms with Crippen LogP contribution in [0.1, 0.15) is 18.2 Å². The topological polar surface area (TPSA) is 26.5 Å². The Morgan fingerprint density at radius 3 is 3.00 bits per heavy atom. The van der Waals surface area contributed by atoms with Gasteiger partial charge in [-0.3, -0.25) is 0 Å². The van der Waals surface area contributed by atoms with Crippen LogP contribution in [0.4, 0.5) is 4.39 Å². The normalized spacial score (nSPS) is 17.4. The molecule has 3 rings (SSSR count). The number of hydrogen-bond donors (Lipinski definition) is 0. The average Bonchev–Trinajstić information content (AvgIpc) is 3.16. The van der Waals surface area contributed by atoms with Crippen LogP contribution in [0.5, 0.6) is 0 Å². The van der Waals surface area contributed by atoms with Crippen LogP contribution in [0.15, 0.2) is 47.6 Å². The Morgan fingerprint density at radius 1 is 1.32 bits per heavy atom. The van der Waals surface area contributed by atoms with E-state index < -0.39 is 0 Å². The second kappa shape index (κ2) is 7.01. The van der Waals surface area contributed by atoms with Crippen LogP contribution in [-0.2, 0) is 11.3 Å². The van der Waals surface area contributed by atoms with Crippen LogP contribution in [0.3, 0.4) is 0 Å². The van der Waals surface area contributed by atoms with Crippen molar-refractivity contribution in [1.82, 2.24) is 4.57 Å². The fraction of sp³-hybridized carbons (Fsp3) is 0.353. The molecule has 1 aliphatic rings. The van der Waals surface area contributed by atoms with Crippen molar-refractivity contribution < 1.29 is 9.13 Å². The SMILES string of the molecule is CCSC[C@@H]1COC(c2cccn2Cc2ccccc2F)=N1. The summed E-state index contributed by atoms with van der Waals surface area (Å²) in [7, 11) is 0. The highest BCUT2D eigenvalue weighted by Gasteiger charge is 2.22. The maximum Gasteiger partial charge on any atom is 0.233 e. The first-order valence-corrected chi connectivity index (χ1v) is 8.60. The van der Waals surface area contributed by atoms with Gasteiger partial charge in [0.1, 0.15) is 18.1 Å². The minimum absolute atomic E-state index is 0.186. The maximum absolute atomic E-state index is 13.8. The van der Waals surface area contributed by atoms with E-state index in [0.717, 1.165) is 17.2 Å². The van der Waals surface area contributed by atoms with E-state index in [1.165, 1.54) is 6.07 Å². The molecule has 1 aliphatic heterocycles. The number of rotatable bonds is 6. The van der Waals surface area contributed by atoms with Crippen molar-refractivity contribution in [3.8, 4) is 0 Å². The molecule has 0 aliphatic carbocycles. The number of aliphatic imine (C=N–C) groups is 1. The number of thioether (sulfide) groups is 1. The summed E-state index contributed by atoms with van der Waals surface area (Å²) in [6.45, 7) is 3.25. The molecule has 0 N–H and O–H groups in total. The maximum atomic E-state index is 13.8. The predicted molar refractivity (Wildman–Crippen MR) is 89.2 cm³/mol. The number of ether oxygens (including phenoxy) is 1. The molecule has 0 bridgehead atoms. The van der Waals surface area contributed by atoms with Crippen LogP contribution < -0.4 is 0 Å². The molecule has 1 aromatic heterocycles. The van der Waals surface area contributed by atoms with Crippen molar-refractivity contribution >= 4 is 17.7 Å². The number of halogens is 1. The third-order valence-corrected chi connectivity index (χ3v) is 4.60. The number of aromatic nitrogens is 1. The molecule has 0 fully saturated rings. The van der Waals surface area contributed by atoms with E-state index >= 15 is 0 Å². The highest BCUT2D eigenvalue weighted by molar-refractivity contribution is 7.99. The van der Waals surface area contributed by atoms with Gasteiger partial charge >= 0.3 is 0 Å². The Hall–Kier alpha value is -1.75. The number of benzene rings is 1. The molecule has 0 radical (unpaired) electrons. The average molecular weight is 318 g/mol. The summed E-state index contributed by atoms with van der Waals surface area (Å²) in [6, 6.07) is 11.0. The van der Waals surface area contributed by atoms with Gasteiger partial charge in [-0.25, -0.2) is 9.38 Å². The first kappa shape index (κ1) is 15.2. The van der Waals surface area contributed by atoms with Gasteiger partial charge in [-0.2, -0.15) is 11.8 Å². The van der Waals surface area contributed by atoms with Crippen LogP contribution in [-0.4, -0.2) is 34.6 Å². The van der Waals surface area contributed by atoms with Crippen LogP contribution in [0.2, 0.25) is 0 Å². The van der Waals surface area contributed by atoms with E-state index in [9.17, 15) is 4.39 Å². The molecule has 22 heavy (non-hydrogen) atoms. The van der Waals surface area contributed by atoms with Gasteiger partial charge in [0, 0.05) is 17.5 Å². The Labute approximate surface area is 134 Å². The van der Waals surface area contributed by atoms with Gasteiger partial charge in [0.15, 0.2) is 0 Å². The third kappa shape index (κ3) is 3.35. The van der Waals surface area contributed by atoms with E-state index in [0.29, 0.717) is 24.6 Å². The van der Waals surface area contributed by atoms with Crippen molar-refractivity contribution in [2.45, 2.75) is 19.5 Å². The third-order valence-electron chi connectivity index (χ3n) is 3.57. The summed E-state index contributed by atoms with van der Waals surface area (Å²) in [5.74, 6) is 2.55. The van der Waals surface area contributed by atoms with Gasteiger partial charge in [0.25, 0.3) is 0 Å². The second-order valence-electron chi connectivity index (χ2n) is 5.17. The fourth-order valence-electron chi connectivity index (χ4n) is 2.45. The lowest BCUT2D eigenvalue weighted by molar-refractivity contribution is 0.323. The Balaban J connectivity index is 1.77. The zero-order valence-corrected chi connectivity index (χ0v) is 13.4. The number of hydrogen-bond acceptors (Lipinski definition) is 3. The molecular formula is C17H19FN2OS. The molecule has 2 aromatic rings. The molecule has 3 nitrogen and oxygen atoms in total. The van der Waals surface area contributed by atoms with Gasteiger partial charge in [-0.15, -0.1) is 0 Å². The zero-order chi connectivity index (χ0) is 15.4. The molecule has 116 valence electrons. The van der Waals surface area contributed by atoms with Crippen LogP contribution in [0.25, 0.3) is 0 Å². The first-order chi connectivity index (χ1) is 10.8. The van der Waals surface area contributed by atoms with E-state index in [1.54, 1.807) is 12.1 Å². The Kier molecular flexibility index (Phi) is 4.83. The lowest BCUT2D eigenvalue weighted by atomic mass is 10.2. The Morgan fingerprint density at radius 2 is 2.18 bits per heavy atom. The standard InChI is InChI=1S/C17H19FN2OS/c1-2-22-12-14-11-21-17(19-14)16-8-5-9-20(16)10-13-6-3-4-7-15(13)18/h3-9,14H,2,10-12H2,1H3/t14-/m0/s1. The van der Waals surface area contributed by atoms with Crippen LogP contribution in [0, 0.1) is 5.82 Å². The van der Waals surface area contributed by atoms with Crippen molar-refractivity contribution in [3.63, 3.8) is 0 Å². The smallest absolute Gasteiger partial charge is 0.233 e. The molecule has 2 heterocycles. The van der Waals surface area contributed by atoms with Crippen molar-refractivity contribution in [2.24, 2.45) is 4.99 Å². The number of nitrogens with zero attached hydrogens (tertiary/aromatic N) is 2. The molecule has 0 saturated carbocycles. The first-order valence-electron chi connectivity index (χ1n) is 7.45. The minimum atomic E-state index is -0.186. The van der Waals surface area contributed by atoms with Gasteiger partial charge < -0.3 is 9.30 Å². The van der Waals surface area contributed by atoms with E-state index in [2.05, 4.69) is 11.9 Å². The quantitative estimate of drug-likeness (QED) is 0.814. The molecule has 1 atom stereocenters. The molecule has 1 aromatic carbocycles. The minimum Gasteiger partial charge on any atom is -0.474 e. The zero-order valence-electron chi connectivity index (χ0n) is 12.5. The summed E-state index contributed by atoms with van der Waals surface area (Å²) in [4.78, 5) is 4.65. The van der Waals surface area contributed by atoms with E-state index in [-0.39, 0.29) is 11.9 Å². The summed E-state index contributed by atoms with van der Waals surface area (Å²) in [5, 5.41) is 0. The molecule has 0 saturated heterocycles. The summed E-state index contributed by atoms with van der Waals surface area (Å²) in [5.41, 5.74) is 1.57. The van der Waals surface area contributed by atoms with E-state index in [1.807, 2.05) is 40.7 Å². The highest BCUT2D eigenvalue weighted by Crippen LogP contribution is 2.18. The fourth-order valence-corrected chi connectivity index (χ4v) is 3.13. The summed E-state index contributed by atoms with van der Waals surface area (Å²) in [6.07, 6.45) is 1.93. The lowest BCUT2D eigenvalue weighted by Gasteiger charge is -2.09. The van der Waals surface area contributed by atoms with Crippen molar-refractivity contribution in [1.29, 1.82) is 0 Å². The van der Waals surface area contributed by atoms with Crippen molar-refractivity contribution in [3.05, 3.63) is 59.7 Å². The Bertz CT molecular complexity index is 668. The summed E-state index contributed by atoms with van der Waals surface area (Å²) < 4.78 is 21.5. The van der Waals surface area contributed by atoms with E-state index in [4.69, 9.17) is 4.74 Å². The highest BCUT2D eigenvalue weighted by atomic mass is 32.2. The molecule has 0 unspecified atom stereocenters. The van der Waals surface area contributed by atoms with Crippen molar-refractivity contribution in [2.75, 3.05) is 18.1 Å². The molecule has 5 heteroatoms. The molecule has 0 spiro atoms. The molecular weight excluding hydrogens is 299 g/mol. The summed E-state index contributed by atoms with van der Waals surface area (Å²) >= 11 is 1.87. The largest absolute Gasteiger partial charge is 0.474 e. The second-order valence-corrected chi connectivity index (χ2v) is 6.49. The van der Waals surface area contributed by atoms with Gasteiger partial charge in [-0.1, -0.05) is 25.1 Å². The van der Waals surface area contributed by atoms with Gasteiger partial charge in [-0.05, 0) is 24.0 Å². The monoisotopic (exact) mass is 318 g/mol.